The van der Waals surface area contributed by atoms with Gasteiger partial charge in [0.15, 0.2) is 11.5 Å². The molecule has 0 radical (unpaired) electrons. The third-order valence-corrected chi connectivity index (χ3v) is 5.92. The van der Waals surface area contributed by atoms with Crippen molar-refractivity contribution in [1.29, 1.82) is 0 Å². The monoisotopic (exact) mass is 537 g/mol. The summed E-state index contributed by atoms with van der Waals surface area (Å²) >= 11 is 0. The molecule has 9 heteroatoms. The summed E-state index contributed by atoms with van der Waals surface area (Å²) < 4.78 is 32.0. The molecular weight excluding hydrogens is 502 g/mol. The Morgan fingerprint density at radius 3 is 2.15 bits per heavy atom. The number of nitrogens with one attached hydrogen (secondary N) is 1. The Morgan fingerprint density at radius 1 is 0.821 bits per heavy atom. The number of hydrogen-bond donors (Lipinski definition) is 2. The van der Waals surface area contributed by atoms with Crippen LogP contribution in [0.25, 0.3) is 11.6 Å². The van der Waals surface area contributed by atoms with Gasteiger partial charge in [0, 0.05) is 24.7 Å². The molecule has 1 unspecified atom stereocenters. The highest BCUT2D eigenvalue weighted by atomic mass is 16.5. The maximum Gasteiger partial charge on any atom is 0.338 e. The second-order valence-corrected chi connectivity index (χ2v) is 8.46. The van der Waals surface area contributed by atoms with E-state index in [1.54, 1.807) is 70.9 Å². The van der Waals surface area contributed by atoms with Crippen molar-refractivity contribution in [3.8, 4) is 28.7 Å². The molecule has 0 aromatic heterocycles. The van der Waals surface area contributed by atoms with Crippen LogP contribution in [0.2, 0.25) is 0 Å². The van der Waals surface area contributed by atoms with Crippen molar-refractivity contribution >= 4 is 17.6 Å². The van der Waals surface area contributed by atoms with Crippen LogP contribution in [0, 0.1) is 0 Å². The van der Waals surface area contributed by atoms with Gasteiger partial charge in [-0.15, -0.1) is 0 Å². The van der Waals surface area contributed by atoms with E-state index in [2.05, 4.69) is 5.32 Å². The third-order valence-electron chi connectivity index (χ3n) is 5.92. The van der Waals surface area contributed by atoms with Crippen molar-refractivity contribution in [1.82, 2.24) is 5.32 Å². The molecule has 208 valence electrons. The second kappa shape index (κ2) is 14.7. The summed E-state index contributed by atoms with van der Waals surface area (Å²) in [7, 11) is 7.66. The number of ether oxygens (including phenoxy) is 6. The van der Waals surface area contributed by atoms with E-state index in [0.717, 1.165) is 11.1 Å². The molecule has 0 saturated carbocycles. The summed E-state index contributed by atoms with van der Waals surface area (Å²) in [4.78, 5) is 12.5. The van der Waals surface area contributed by atoms with Crippen LogP contribution in [-0.4, -0.2) is 65.9 Å². The molecule has 0 spiro atoms. The van der Waals surface area contributed by atoms with Gasteiger partial charge in [0.05, 0.1) is 41.1 Å². The molecule has 0 aliphatic heterocycles. The van der Waals surface area contributed by atoms with Crippen molar-refractivity contribution < 1.29 is 38.3 Å². The highest BCUT2D eigenvalue weighted by molar-refractivity contribution is 6.21. The van der Waals surface area contributed by atoms with E-state index in [0.29, 0.717) is 53.0 Å². The predicted octanol–water partition coefficient (Wildman–Crippen LogP) is 3.96. The summed E-state index contributed by atoms with van der Waals surface area (Å²) in [6, 6.07) is 18.0. The lowest BCUT2D eigenvalue weighted by molar-refractivity contribution is -0.133. The predicted molar refractivity (Wildman–Crippen MR) is 149 cm³/mol. The van der Waals surface area contributed by atoms with Crippen LogP contribution < -0.4 is 29.0 Å². The van der Waals surface area contributed by atoms with Crippen LogP contribution in [0.4, 0.5) is 0 Å². The zero-order chi connectivity index (χ0) is 28.2. The minimum absolute atomic E-state index is 0.0947. The van der Waals surface area contributed by atoms with E-state index in [-0.39, 0.29) is 6.61 Å². The van der Waals surface area contributed by atoms with Crippen molar-refractivity contribution in [3.05, 3.63) is 77.4 Å². The summed E-state index contributed by atoms with van der Waals surface area (Å²) in [5.74, 6) is 2.65. The van der Waals surface area contributed by atoms with Gasteiger partial charge >= 0.3 is 5.97 Å². The molecule has 0 amide bonds. The number of rotatable bonds is 14. The molecule has 3 rings (SSSR count). The van der Waals surface area contributed by atoms with Gasteiger partial charge in [0.25, 0.3) is 0 Å². The average molecular weight is 538 g/mol. The minimum Gasteiger partial charge on any atom is -0.497 e. The molecule has 0 aliphatic rings. The first-order chi connectivity index (χ1) is 18.9. The van der Waals surface area contributed by atoms with Gasteiger partial charge in [-0.05, 0) is 47.5 Å². The molecular formula is C30H35NO8. The standard InChI is InChI=1S/C30H35NO8/c1-34-25-12-9-22(28(16-25)36-3)17-31-18-23(32)19-39-24-10-7-21(8-11-24)26(30(33)38-5)14-20-6-13-27(35-2)29(15-20)37-4/h6-16,23,31-32H,17-19H2,1-5H3/b26-14+. The van der Waals surface area contributed by atoms with E-state index in [1.165, 1.54) is 7.11 Å². The van der Waals surface area contributed by atoms with Crippen LogP contribution in [0.15, 0.2) is 60.7 Å². The van der Waals surface area contributed by atoms with Gasteiger partial charge in [-0.1, -0.05) is 24.3 Å². The average Bonchev–Trinajstić information content (AvgIpc) is 2.98. The summed E-state index contributed by atoms with van der Waals surface area (Å²) in [6.45, 7) is 0.937. The molecule has 0 heterocycles. The molecule has 3 aromatic rings. The van der Waals surface area contributed by atoms with Crippen molar-refractivity contribution in [2.24, 2.45) is 0 Å². The number of carbonyl (C=O) groups is 1. The zero-order valence-electron chi connectivity index (χ0n) is 22.9. The van der Waals surface area contributed by atoms with Crippen LogP contribution >= 0.6 is 0 Å². The number of benzene rings is 3. The maximum atomic E-state index is 12.5. The van der Waals surface area contributed by atoms with E-state index >= 15 is 0 Å². The lowest BCUT2D eigenvalue weighted by Crippen LogP contribution is -2.31. The Labute approximate surface area is 228 Å². The van der Waals surface area contributed by atoms with E-state index in [1.807, 2.05) is 24.3 Å². The molecule has 2 N–H and O–H groups in total. The van der Waals surface area contributed by atoms with Gasteiger partial charge < -0.3 is 38.8 Å². The quantitative estimate of drug-likeness (QED) is 0.180. The molecule has 0 saturated heterocycles. The topological polar surface area (TPSA) is 105 Å². The fourth-order valence-corrected chi connectivity index (χ4v) is 3.83. The summed E-state index contributed by atoms with van der Waals surface area (Å²) in [6.07, 6.45) is 0.987. The first-order valence-corrected chi connectivity index (χ1v) is 12.3. The fraction of sp³-hybridized carbons (Fsp3) is 0.300. The largest absolute Gasteiger partial charge is 0.497 e. The van der Waals surface area contributed by atoms with E-state index in [4.69, 9.17) is 28.4 Å². The second-order valence-electron chi connectivity index (χ2n) is 8.46. The van der Waals surface area contributed by atoms with Crippen LogP contribution in [-0.2, 0) is 16.1 Å². The Balaban J connectivity index is 1.59. The molecule has 0 bridgehead atoms. The van der Waals surface area contributed by atoms with Gasteiger partial charge in [0.2, 0.25) is 0 Å². The number of carbonyl (C=O) groups excluding carboxylic acids is 1. The van der Waals surface area contributed by atoms with Crippen LogP contribution in [0.3, 0.4) is 0 Å². The fourth-order valence-electron chi connectivity index (χ4n) is 3.83. The smallest absolute Gasteiger partial charge is 0.338 e. The minimum atomic E-state index is -0.732. The normalized spacial score (nSPS) is 11.9. The highest BCUT2D eigenvalue weighted by Crippen LogP contribution is 2.30. The molecule has 0 aliphatic carbocycles. The van der Waals surface area contributed by atoms with E-state index < -0.39 is 12.1 Å². The zero-order valence-corrected chi connectivity index (χ0v) is 22.9. The van der Waals surface area contributed by atoms with Crippen molar-refractivity contribution in [2.45, 2.75) is 12.6 Å². The van der Waals surface area contributed by atoms with Crippen LogP contribution in [0.1, 0.15) is 16.7 Å². The lowest BCUT2D eigenvalue weighted by Gasteiger charge is -2.15. The van der Waals surface area contributed by atoms with Crippen molar-refractivity contribution in [2.75, 3.05) is 48.7 Å². The molecule has 9 nitrogen and oxygen atoms in total. The number of aliphatic hydroxyl groups excluding tert-OH is 1. The Morgan fingerprint density at radius 2 is 1.51 bits per heavy atom. The summed E-state index contributed by atoms with van der Waals surface area (Å²) in [5.41, 5.74) is 2.72. The molecule has 39 heavy (non-hydrogen) atoms. The first kappa shape index (κ1) is 29.3. The summed E-state index contributed by atoms with van der Waals surface area (Å²) in [5, 5.41) is 13.6. The third kappa shape index (κ3) is 8.13. The maximum absolute atomic E-state index is 12.5. The molecule has 0 fully saturated rings. The lowest BCUT2D eigenvalue weighted by atomic mass is 10.0. The Hall–Kier alpha value is -4.21. The number of aliphatic hydroxyl groups is 1. The Kier molecular flexibility index (Phi) is 11.0. The van der Waals surface area contributed by atoms with Gasteiger partial charge in [-0.25, -0.2) is 4.79 Å². The number of hydrogen-bond acceptors (Lipinski definition) is 9. The van der Waals surface area contributed by atoms with Gasteiger partial charge in [-0.3, -0.25) is 0 Å². The van der Waals surface area contributed by atoms with E-state index in [9.17, 15) is 9.90 Å². The first-order valence-electron chi connectivity index (χ1n) is 12.3. The highest BCUT2D eigenvalue weighted by Gasteiger charge is 2.14. The number of methoxy groups -OCH3 is 5. The van der Waals surface area contributed by atoms with Gasteiger partial charge in [0.1, 0.15) is 30.0 Å². The number of esters is 1. The Bertz CT molecular complexity index is 1260. The van der Waals surface area contributed by atoms with Crippen molar-refractivity contribution in [3.63, 3.8) is 0 Å². The molecule has 1 atom stereocenters. The van der Waals surface area contributed by atoms with Gasteiger partial charge in [-0.2, -0.15) is 0 Å². The van der Waals surface area contributed by atoms with Crippen LogP contribution in [0.5, 0.6) is 28.7 Å². The SMILES string of the molecule is COC(=O)/C(=C/c1ccc(OC)c(OC)c1)c1ccc(OCC(O)CNCc2ccc(OC)cc2OC)cc1. The molecule has 3 aromatic carbocycles.